The Balaban J connectivity index is 2.43. The smallest absolute Gasteiger partial charge is 0.119 e. The second-order valence-electron chi connectivity index (χ2n) is 4.41. The van der Waals surface area contributed by atoms with E-state index in [2.05, 4.69) is 19.1 Å². The molecule has 2 nitrogen and oxygen atoms in total. The second kappa shape index (κ2) is 4.23. The molecule has 0 amide bonds. The lowest BCUT2D eigenvalue weighted by Crippen LogP contribution is -2.19. The molecule has 2 rings (SSSR count). The van der Waals surface area contributed by atoms with E-state index in [4.69, 9.17) is 10.5 Å². The molecule has 0 spiro atoms. The maximum absolute atomic E-state index is 5.81. The molecule has 0 saturated heterocycles. The highest BCUT2D eigenvalue weighted by Gasteiger charge is 2.23. The van der Waals surface area contributed by atoms with Crippen LogP contribution in [0.1, 0.15) is 42.7 Å². The largest absolute Gasteiger partial charge is 0.497 e. The lowest BCUT2D eigenvalue weighted by atomic mass is 9.77. The molecule has 0 radical (unpaired) electrons. The molecule has 2 N–H and O–H groups in total. The Labute approximate surface area is 91.4 Å². The van der Waals surface area contributed by atoms with Gasteiger partial charge in [-0.05, 0) is 54.5 Å². The molecule has 15 heavy (non-hydrogen) atoms. The van der Waals surface area contributed by atoms with Gasteiger partial charge in [0.1, 0.15) is 5.75 Å². The molecule has 0 aromatic heterocycles. The molecule has 0 saturated carbocycles. The summed E-state index contributed by atoms with van der Waals surface area (Å²) >= 11 is 0. The van der Waals surface area contributed by atoms with Gasteiger partial charge >= 0.3 is 0 Å². The van der Waals surface area contributed by atoms with Crippen molar-refractivity contribution in [3.8, 4) is 5.75 Å². The van der Waals surface area contributed by atoms with Crippen molar-refractivity contribution in [2.75, 3.05) is 13.7 Å². The molecule has 0 bridgehead atoms. The monoisotopic (exact) mass is 205 g/mol. The van der Waals surface area contributed by atoms with Crippen LogP contribution in [-0.2, 0) is 0 Å². The van der Waals surface area contributed by atoms with E-state index in [1.807, 2.05) is 6.07 Å². The summed E-state index contributed by atoms with van der Waals surface area (Å²) in [6.07, 6.45) is 2.46. The summed E-state index contributed by atoms with van der Waals surface area (Å²) in [6, 6.07) is 6.40. The fourth-order valence-electron chi connectivity index (χ4n) is 2.49. The highest BCUT2D eigenvalue weighted by molar-refractivity contribution is 5.41. The summed E-state index contributed by atoms with van der Waals surface area (Å²) in [4.78, 5) is 0. The minimum absolute atomic E-state index is 0.520. The van der Waals surface area contributed by atoms with Crippen molar-refractivity contribution >= 4 is 0 Å². The Kier molecular flexibility index (Phi) is 2.96. The minimum Gasteiger partial charge on any atom is -0.497 e. The molecule has 1 aromatic rings. The van der Waals surface area contributed by atoms with Crippen LogP contribution in [0.4, 0.5) is 0 Å². The molecule has 0 fully saturated rings. The topological polar surface area (TPSA) is 35.2 Å². The highest BCUT2D eigenvalue weighted by Crippen LogP contribution is 2.39. The first-order valence-electron chi connectivity index (χ1n) is 5.64. The van der Waals surface area contributed by atoms with Crippen LogP contribution in [0.25, 0.3) is 0 Å². The lowest BCUT2D eigenvalue weighted by molar-refractivity contribution is 0.411. The van der Waals surface area contributed by atoms with Gasteiger partial charge in [0.25, 0.3) is 0 Å². The number of ether oxygens (including phenoxy) is 1. The van der Waals surface area contributed by atoms with E-state index in [0.717, 1.165) is 12.3 Å². The molecule has 0 aliphatic heterocycles. The number of methoxy groups -OCH3 is 1. The van der Waals surface area contributed by atoms with Crippen molar-refractivity contribution in [3.63, 3.8) is 0 Å². The highest BCUT2D eigenvalue weighted by atomic mass is 16.5. The van der Waals surface area contributed by atoms with Crippen molar-refractivity contribution in [1.29, 1.82) is 0 Å². The van der Waals surface area contributed by atoms with Gasteiger partial charge in [0.15, 0.2) is 0 Å². The summed E-state index contributed by atoms with van der Waals surface area (Å²) in [6.45, 7) is 3.03. The zero-order valence-corrected chi connectivity index (χ0v) is 9.49. The van der Waals surface area contributed by atoms with Gasteiger partial charge in [-0.3, -0.25) is 0 Å². The first-order chi connectivity index (χ1) is 7.26. The normalized spacial score (nSPS) is 24.7. The average molecular weight is 205 g/mol. The van der Waals surface area contributed by atoms with Crippen molar-refractivity contribution in [1.82, 2.24) is 0 Å². The fourth-order valence-corrected chi connectivity index (χ4v) is 2.49. The molecule has 0 heterocycles. The lowest BCUT2D eigenvalue weighted by Gasteiger charge is -2.29. The SMILES string of the molecule is COc1ccc2c(c1)C(CN)CCC2C. The van der Waals surface area contributed by atoms with Gasteiger partial charge in [-0.15, -0.1) is 0 Å². The van der Waals surface area contributed by atoms with E-state index in [9.17, 15) is 0 Å². The second-order valence-corrected chi connectivity index (χ2v) is 4.41. The van der Waals surface area contributed by atoms with Crippen LogP contribution in [0.15, 0.2) is 18.2 Å². The van der Waals surface area contributed by atoms with Crippen molar-refractivity contribution in [2.45, 2.75) is 31.6 Å². The van der Waals surface area contributed by atoms with Gasteiger partial charge in [-0.25, -0.2) is 0 Å². The van der Waals surface area contributed by atoms with Crippen molar-refractivity contribution < 1.29 is 4.74 Å². The average Bonchev–Trinajstić information content (AvgIpc) is 2.29. The predicted octanol–water partition coefficient (Wildman–Crippen LogP) is 2.63. The molecule has 2 unspecified atom stereocenters. The van der Waals surface area contributed by atoms with Gasteiger partial charge in [-0.2, -0.15) is 0 Å². The molecule has 82 valence electrons. The Morgan fingerprint density at radius 1 is 1.33 bits per heavy atom. The Morgan fingerprint density at radius 3 is 2.80 bits per heavy atom. The summed E-state index contributed by atoms with van der Waals surface area (Å²) in [5.41, 5.74) is 8.67. The van der Waals surface area contributed by atoms with Crippen LogP contribution in [0, 0.1) is 0 Å². The van der Waals surface area contributed by atoms with Crippen molar-refractivity contribution in [3.05, 3.63) is 29.3 Å². The number of hydrogen-bond acceptors (Lipinski definition) is 2. The van der Waals surface area contributed by atoms with E-state index in [-0.39, 0.29) is 0 Å². The van der Waals surface area contributed by atoms with Crippen LogP contribution < -0.4 is 10.5 Å². The van der Waals surface area contributed by atoms with Crippen LogP contribution >= 0.6 is 0 Å². The van der Waals surface area contributed by atoms with Gasteiger partial charge in [-0.1, -0.05) is 13.0 Å². The number of rotatable bonds is 2. The number of benzene rings is 1. The number of nitrogens with two attached hydrogens (primary N) is 1. The molecular formula is C13H19NO. The van der Waals surface area contributed by atoms with E-state index < -0.39 is 0 Å². The third-order valence-corrected chi connectivity index (χ3v) is 3.50. The Morgan fingerprint density at radius 2 is 2.13 bits per heavy atom. The Bertz CT molecular complexity index is 348. The number of hydrogen-bond donors (Lipinski definition) is 1. The Hall–Kier alpha value is -1.02. The summed E-state index contributed by atoms with van der Waals surface area (Å²) in [5.74, 6) is 2.13. The van der Waals surface area contributed by atoms with Gasteiger partial charge in [0.2, 0.25) is 0 Å². The molecular weight excluding hydrogens is 186 g/mol. The summed E-state index contributed by atoms with van der Waals surface area (Å²) < 4.78 is 5.27. The summed E-state index contributed by atoms with van der Waals surface area (Å²) in [5, 5.41) is 0. The van der Waals surface area contributed by atoms with E-state index in [1.165, 1.54) is 24.0 Å². The first kappa shape index (κ1) is 10.5. The van der Waals surface area contributed by atoms with E-state index >= 15 is 0 Å². The maximum Gasteiger partial charge on any atom is 0.119 e. The van der Waals surface area contributed by atoms with Crippen LogP contribution in [0.2, 0.25) is 0 Å². The molecule has 2 atom stereocenters. The van der Waals surface area contributed by atoms with Crippen LogP contribution in [0.3, 0.4) is 0 Å². The van der Waals surface area contributed by atoms with Gasteiger partial charge in [0, 0.05) is 0 Å². The van der Waals surface area contributed by atoms with Crippen LogP contribution in [0.5, 0.6) is 5.75 Å². The maximum atomic E-state index is 5.81. The van der Waals surface area contributed by atoms with E-state index in [0.29, 0.717) is 11.8 Å². The van der Waals surface area contributed by atoms with Gasteiger partial charge < -0.3 is 10.5 Å². The van der Waals surface area contributed by atoms with Gasteiger partial charge in [0.05, 0.1) is 7.11 Å². The van der Waals surface area contributed by atoms with E-state index in [1.54, 1.807) is 7.11 Å². The zero-order valence-electron chi connectivity index (χ0n) is 9.49. The molecule has 1 aromatic carbocycles. The standard InChI is InChI=1S/C13H19NO/c1-9-3-4-10(8-14)13-7-11(15-2)5-6-12(9)13/h5-7,9-10H,3-4,8,14H2,1-2H3. The minimum atomic E-state index is 0.520. The molecule has 1 aliphatic carbocycles. The molecule has 2 heteroatoms. The quantitative estimate of drug-likeness (QED) is 0.805. The predicted molar refractivity (Wildman–Crippen MR) is 62.4 cm³/mol. The summed E-state index contributed by atoms with van der Waals surface area (Å²) in [7, 11) is 1.71. The first-order valence-corrected chi connectivity index (χ1v) is 5.64. The van der Waals surface area contributed by atoms with Crippen molar-refractivity contribution in [2.24, 2.45) is 5.73 Å². The number of fused-ring (bicyclic) bond motifs is 1. The third-order valence-electron chi connectivity index (χ3n) is 3.50. The molecule has 1 aliphatic rings. The third kappa shape index (κ3) is 1.86. The van der Waals surface area contributed by atoms with Crippen LogP contribution in [-0.4, -0.2) is 13.7 Å². The zero-order chi connectivity index (χ0) is 10.8. The fraction of sp³-hybridized carbons (Fsp3) is 0.538.